The van der Waals surface area contributed by atoms with Crippen molar-refractivity contribution in [1.82, 2.24) is 9.80 Å². The Bertz CT molecular complexity index is 331. The topological polar surface area (TPSA) is 83.7 Å². The Morgan fingerprint density at radius 1 is 1.28 bits per heavy atom. The number of nitrogens with two attached hydrogens (primary N) is 1. The van der Waals surface area contributed by atoms with Crippen LogP contribution in [0.1, 0.15) is 26.7 Å². The SMILES string of the molecule is CC(C)N(CC(N)=O)CC(=O)N1CCC(=O)CC1. The van der Waals surface area contributed by atoms with Gasteiger partial charge < -0.3 is 10.6 Å². The largest absolute Gasteiger partial charge is 0.369 e. The van der Waals surface area contributed by atoms with Gasteiger partial charge in [0.15, 0.2) is 0 Å². The average Bonchev–Trinajstić information content (AvgIpc) is 2.28. The molecule has 0 aromatic carbocycles. The summed E-state index contributed by atoms with van der Waals surface area (Å²) in [5, 5.41) is 0. The van der Waals surface area contributed by atoms with Gasteiger partial charge in [-0.3, -0.25) is 19.3 Å². The first-order chi connectivity index (χ1) is 8.40. The number of carbonyl (C=O) groups excluding carboxylic acids is 3. The minimum atomic E-state index is -0.440. The molecule has 18 heavy (non-hydrogen) atoms. The van der Waals surface area contributed by atoms with Gasteiger partial charge in [-0.2, -0.15) is 0 Å². The van der Waals surface area contributed by atoms with Gasteiger partial charge in [-0.05, 0) is 13.8 Å². The molecule has 0 saturated carbocycles. The first kappa shape index (κ1) is 14.6. The number of primary amides is 1. The van der Waals surface area contributed by atoms with Crippen LogP contribution in [-0.2, 0) is 14.4 Å². The van der Waals surface area contributed by atoms with Crippen LogP contribution in [0.2, 0.25) is 0 Å². The zero-order chi connectivity index (χ0) is 13.7. The summed E-state index contributed by atoms with van der Waals surface area (Å²) >= 11 is 0. The maximum absolute atomic E-state index is 12.0. The van der Waals surface area contributed by atoms with Crippen LogP contribution in [0.25, 0.3) is 0 Å². The number of amides is 2. The molecule has 1 aliphatic heterocycles. The minimum Gasteiger partial charge on any atom is -0.369 e. The molecule has 2 amide bonds. The van der Waals surface area contributed by atoms with E-state index < -0.39 is 5.91 Å². The van der Waals surface area contributed by atoms with Crippen LogP contribution in [0.4, 0.5) is 0 Å². The van der Waals surface area contributed by atoms with Gasteiger partial charge in [0, 0.05) is 32.0 Å². The lowest BCUT2D eigenvalue weighted by Gasteiger charge is -2.30. The Kier molecular flexibility index (Phi) is 5.27. The summed E-state index contributed by atoms with van der Waals surface area (Å²) in [6.07, 6.45) is 0.868. The standard InChI is InChI=1S/C12H21N3O3/c1-9(2)15(7-11(13)17)8-12(18)14-5-3-10(16)4-6-14/h9H,3-8H2,1-2H3,(H2,13,17). The van der Waals surface area contributed by atoms with E-state index in [0.717, 1.165) is 0 Å². The van der Waals surface area contributed by atoms with Crippen molar-refractivity contribution < 1.29 is 14.4 Å². The number of hydrogen-bond acceptors (Lipinski definition) is 4. The Morgan fingerprint density at radius 3 is 2.28 bits per heavy atom. The lowest BCUT2D eigenvalue weighted by Crippen LogP contribution is -2.48. The quantitative estimate of drug-likeness (QED) is 0.709. The minimum absolute atomic E-state index is 0.0440. The summed E-state index contributed by atoms with van der Waals surface area (Å²) in [7, 11) is 0. The van der Waals surface area contributed by atoms with Gasteiger partial charge in [-0.25, -0.2) is 0 Å². The molecule has 2 N–H and O–H groups in total. The predicted molar refractivity (Wildman–Crippen MR) is 66.7 cm³/mol. The Labute approximate surface area is 107 Å². The molecule has 102 valence electrons. The highest BCUT2D eigenvalue weighted by Crippen LogP contribution is 2.07. The molecule has 0 bridgehead atoms. The number of ketones is 1. The van der Waals surface area contributed by atoms with E-state index in [0.29, 0.717) is 25.9 Å². The zero-order valence-electron chi connectivity index (χ0n) is 11.0. The third kappa shape index (κ3) is 4.44. The van der Waals surface area contributed by atoms with E-state index in [2.05, 4.69) is 0 Å². The lowest BCUT2D eigenvalue weighted by atomic mass is 10.1. The van der Waals surface area contributed by atoms with Crippen molar-refractivity contribution in [3.05, 3.63) is 0 Å². The molecular formula is C12H21N3O3. The van der Waals surface area contributed by atoms with E-state index >= 15 is 0 Å². The number of rotatable bonds is 5. The highest BCUT2D eigenvalue weighted by atomic mass is 16.2. The van der Waals surface area contributed by atoms with Crippen molar-refractivity contribution in [2.45, 2.75) is 32.7 Å². The van der Waals surface area contributed by atoms with Crippen LogP contribution < -0.4 is 5.73 Å². The van der Waals surface area contributed by atoms with Gasteiger partial charge in [0.1, 0.15) is 5.78 Å². The molecule has 1 heterocycles. The Hall–Kier alpha value is -1.43. The number of likely N-dealkylation sites (tertiary alicyclic amines) is 1. The molecule has 1 fully saturated rings. The second kappa shape index (κ2) is 6.49. The molecule has 1 aliphatic rings. The van der Waals surface area contributed by atoms with Crippen LogP contribution in [0.15, 0.2) is 0 Å². The lowest BCUT2D eigenvalue weighted by molar-refractivity contribution is -0.136. The van der Waals surface area contributed by atoms with Crippen molar-refractivity contribution in [2.24, 2.45) is 5.73 Å². The fourth-order valence-electron chi connectivity index (χ4n) is 1.90. The van der Waals surface area contributed by atoms with E-state index in [1.54, 1.807) is 9.80 Å². The van der Waals surface area contributed by atoms with E-state index in [4.69, 9.17) is 5.73 Å². The van der Waals surface area contributed by atoms with Crippen LogP contribution in [0.5, 0.6) is 0 Å². The van der Waals surface area contributed by atoms with Crippen molar-refractivity contribution in [3.63, 3.8) is 0 Å². The summed E-state index contributed by atoms with van der Waals surface area (Å²) in [6, 6.07) is 0.0767. The highest BCUT2D eigenvalue weighted by Gasteiger charge is 2.23. The average molecular weight is 255 g/mol. The maximum atomic E-state index is 12.0. The van der Waals surface area contributed by atoms with Gasteiger partial charge >= 0.3 is 0 Å². The second-order valence-corrected chi connectivity index (χ2v) is 4.88. The molecule has 0 aliphatic carbocycles. The molecule has 0 spiro atoms. The summed E-state index contributed by atoms with van der Waals surface area (Å²) in [5.74, 6) is -0.278. The van der Waals surface area contributed by atoms with Crippen LogP contribution in [0, 0.1) is 0 Å². The van der Waals surface area contributed by atoms with Gasteiger partial charge in [-0.1, -0.05) is 0 Å². The Balaban J connectivity index is 2.50. The molecule has 1 saturated heterocycles. The maximum Gasteiger partial charge on any atom is 0.236 e. The molecule has 6 heteroatoms. The summed E-state index contributed by atoms with van der Waals surface area (Å²) < 4.78 is 0. The van der Waals surface area contributed by atoms with E-state index in [-0.39, 0.29) is 30.8 Å². The molecule has 0 atom stereocenters. The fraction of sp³-hybridized carbons (Fsp3) is 0.750. The predicted octanol–water partition coefficient (Wildman–Crippen LogP) is -0.626. The first-order valence-electron chi connectivity index (χ1n) is 6.22. The van der Waals surface area contributed by atoms with E-state index in [9.17, 15) is 14.4 Å². The highest BCUT2D eigenvalue weighted by molar-refractivity contribution is 5.84. The monoisotopic (exact) mass is 255 g/mol. The summed E-state index contributed by atoms with van der Waals surface area (Å²) in [4.78, 5) is 37.5. The van der Waals surface area contributed by atoms with Crippen molar-refractivity contribution >= 4 is 17.6 Å². The summed E-state index contributed by atoms with van der Waals surface area (Å²) in [5.41, 5.74) is 5.15. The fourth-order valence-corrected chi connectivity index (χ4v) is 1.90. The van der Waals surface area contributed by atoms with Crippen LogP contribution >= 0.6 is 0 Å². The van der Waals surface area contributed by atoms with Crippen LogP contribution in [0.3, 0.4) is 0 Å². The van der Waals surface area contributed by atoms with Gasteiger partial charge in [0.25, 0.3) is 0 Å². The molecule has 0 unspecified atom stereocenters. The third-order valence-electron chi connectivity index (χ3n) is 3.10. The number of nitrogens with zero attached hydrogens (tertiary/aromatic N) is 2. The van der Waals surface area contributed by atoms with Crippen molar-refractivity contribution in [3.8, 4) is 0 Å². The molecule has 0 aromatic rings. The Morgan fingerprint density at radius 2 is 1.83 bits per heavy atom. The number of piperidine rings is 1. The van der Waals surface area contributed by atoms with Gasteiger partial charge in [0.05, 0.1) is 13.1 Å². The second-order valence-electron chi connectivity index (χ2n) is 4.88. The van der Waals surface area contributed by atoms with Crippen molar-refractivity contribution in [1.29, 1.82) is 0 Å². The summed E-state index contributed by atoms with van der Waals surface area (Å²) in [6.45, 7) is 5.05. The normalized spacial score (nSPS) is 16.4. The molecule has 1 rings (SSSR count). The van der Waals surface area contributed by atoms with E-state index in [1.165, 1.54) is 0 Å². The molecule has 0 aromatic heterocycles. The third-order valence-corrected chi connectivity index (χ3v) is 3.10. The molecule has 0 radical (unpaired) electrons. The smallest absolute Gasteiger partial charge is 0.236 e. The van der Waals surface area contributed by atoms with Crippen molar-refractivity contribution in [2.75, 3.05) is 26.2 Å². The number of hydrogen-bond donors (Lipinski definition) is 1. The van der Waals surface area contributed by atoms with Gasteiger partial charge in [0.2, 0.25) is 11.8 Å². The zero-order valence-corrected chi connectivity index (χ0v) is 11.0. The number of Topliss-reactive ketones (excluding diaryl/α,β-unsaturated/α-hetero) is 1. The molecular weight excluding hydrogens is 234 g/mol. The van der Waals surface area contributed by atoms with E-state index in [1.807, 2.05) is 13.8 Å². The number of carbonyl (C=O) groups is 3. The van der Waals surface area contributed by atoms with Gasteiger partial charge in [-0.15, -0.1) is 0 Å². The molecule has 6 nitrogen and oxygen atoms in total. The first-order valence-corrected chi connectivity index (χ1v) is 6.22. The van der Waals surface area contributed by atoms with Crippen LogP contribution in [-0.4, -0.2) is 59.6 Å².